The van der Waals surface area contributed by atoms with E-state index in [1.165, 1.54) is 22.8 Å². The number of imidazole rings is 1. The van der Waals surface area contributed by atoms with Gasteiger partial charge >= 0.3 is 0 Å². The summed E-state index contributed by atoms with van der Waals surface area (Å²) in [4.78, 5) is 3.36. The van der Waals surface area contributed by atoms with Crippen molar-refractivity contribution in [3.05, 3.63) is 47.0 Å². The van der Waals surface area contributed by atoms with Gasteiger partial charge < -0.3 is 17.1 Å². The predicted molar refractivity (Wildman–Crippen MR) is 67.3 cm³/mol. The molecule has 2 rings (SSSR count). The predicted octanol–water partition coefficient (Wildman–Crippen LogP) is -0.712. The Kier molecular flexibility index (Phi) is 4.79. The lowest BCUT2D eigenvalue weighted by Crippen LogP contribution is -3.00. The van der Waals surface area contributed by atoms with Crippen LogP contribution in [0.5, 0.6) is 5.75 Å². The largest absolute Gasteiger partial charge is 1.00 e. The summed E-state index contributed by atoms with van der Waals surface area (Å²) in [7, 11) is 1.70. The van der Waals surface area contributed by atoms with Crippen molar-refractivity contribution in [3.8, 4) is 5.75 Å². The Morgan fingerprint density at radius 1 is 1.22 bits per heavy atom. The second-order valence-electron chi connectivity index (χ2n) is 4.36. The molecule has 0 radical (unpaired) electrons. The molecule has 0 saturated carbocycles. The van der Waals surface area contributed by atoms with Gasteiger partial charge in [0.2, 0.25) is 0 Å². The van der Waals surface area contributed by atoms with Gasteiger partial charge in [-0.1, -0.05) is 12.1 Å². The Labute approximate surface area is 114 Å². The topological polar surface area (TPSA) is 28.9 Å². The maximum Gasteiger partial charge on any atom is 0.251 e. The van der Waals surface area contributed by atoms with Crippen LogP contribution in [0.3, 0.4) is 0 Å². The fraction of sp³-hybridized carbons (Fsp3) is 0.357. The highest BCUT2D eigenvalue weighted by Gasteiger charge is 2.15. The Morgan fingerprint density at radius 3 is 2.50 bits per heavy atom. The van der Waals surface area contributed by atoms with Crippen LogP contribution in [0, 0.1) is 20.8 Å². The molecule has 2 aromatic rings. The summed E-state index contributed by atoms with van der Waals surface area (Å²) < 4.78 is 7.52. The van der Waals surface area contributed by atoms with E-state index in [1.54, 1.807) is 7.11 Å². The van der Waals surface area contributed by atoms with E-state index in [4.69, 9.17) is 4.74 Å². The summed E-state index contributed by atoms with van der Waals surface area (Å²) in [5.74, 6) is 2.09. The summed E-state index contributed by atoms with van der Waals surface area (Å²) in [6.45, 7) is 7.21. The van der Waals surface area contributed by atoms with E-state index >= 15 is 0 Å². The Morgan fingerprint density at radius 2 is 1.94 bits per heavy atom. The molecule has 0 amide bonds. The van der Waals surface area contributed by atoms with E-state index in [0.717, 1.165) is 12.3 Å². The molecule has 3 nitrogen and oxygen atoms in total. The van der Waals surface area contributed by atoms with Crippen molar-refractivity contribution in [2.75, 3.05) is 7.11 Å². The minimum Gasteiger partial charge on any atom is -1.00 e. The number of H-pyrrole nitrogens is 1. The van der Waals surface area contributed by atoms with Crippen LogP contribution in [0.15, 0.2) is 24.3 Å². The molecule has 0 atom stereocenters. The molecule has 0 saturated heterocycles. The zero-order valence-corrected chi connectivity index (χ0v) is 12.0. The first kappa shape index (κ1) is 14.6. The van der Waals surface area contributed by atoms with Crippen molar-refractivity contribution in [2.45, 2.75) is 27.3 Å². The van der Waals surface area contributed by atoms with Gasteiger partial charge in [-0.2, -0.15) is 0 Å². The van der Waals surface area contributed by atoms with Crippen LogP contribution in [0.25, 0.3) is 0 Å². The number of hydrogen-bond acceptors (Lipinski definition) is 1. The molecule has 1 aromatic carbocycles. The number of nitrogens with zero attached hydrogens (tertiary/aromatic N) is 1. The summed E-state index contributed by atoms with van der Waals surface area (Å²) in [5.41, 5.74) is 3.76. The minimum atomic E-state index is 0. The van der Waals surface area contributed by atoms with Crippen molar-refractivity contribution in [2.24, 2.45) is 0 Å². The van der Waals surface area contributed by atoms with Crippen LogP contribution in [0.2, 0.25) is 0 Å². The molecule has 1 heterocycles. The Bertz CT molecular complexity index is 535. The number of ether oxygens (including phenoxy) is 1. The second-order valence-corrected chi connectivity index (χ2v) is 4.36. The average Bonchev–Trinajstić information content (AvgIpc) is 2.56. The van der Waals surface area contributed by atoms with Crippen molar-refractivity contribution in [1.29, 1.82) is 0 Å². The van der Waals surface area contributed by atoms with E-state index in [9.17, 15) is 0 Å². The van der Waals surface area contributed by atoms with Crippen molar-refractivity contribution >= 4 is 0 Å². The summed E-state index contributed by atoms with van der Waals surface area (Å²) in [5, 5.41) is 0. The number of methoxy groups -OCH3 is 1. The molecule has 0 spiro atoms. The molecular weight excluding hydrogens is 248 g/mol. The van der Waals surface area contributed by atoms with Crippen LogP contribution in [-0.2, 0) is 6.54 Å². The first-order chi connectivity index (χ1) is 8.11. The van der Waals surface area contributed by atoms with Gasteiger partial charge in [-0.3, -0.25) is 0 Å². The molecule has 0 aliphatic heterocycles. The summed E-state index contributed by atoms with van der Waals surface area (Å²) in [6.07, 6.45) is 0. The van der Waals surface area contributed by atoms with E-state index < -0.39 is 0 Å². The van der Waals surface area contributed by atoms with E-state index in [2.05, 4.69) is 42.5 Å². The zero-order valence-electron chi connectivity index (χ0n) is 11.2. The maximum absolute atomic E-state index is 5.24. The number of aromatic nitrogens is 2. The fourth-order valence-corrected chi connectivity index (χ4v) is 2.07. The monoisotopic (exact) mass is 266 g/mol. The number of halogens is 1. The van der Waals surface area contributed by atoms with Gasteiger partial charge in [0, 0.05) is 20.8 Å². The van der Waals surface area contributed by atoms with Gasteiger partial charge in [-0.15, -0.1) is 0 Å². The number of benzene rings is 1. The van der Waals surface area contributed by atoms with E-state index in [1.807, 2.05) is 12.1 Å². The number of aryl methyl sites for hydroxylation is 2. The Balaban J connectivity index is 0.00000162. The molecule has 0 aliphatic carbocycles. The molecule has 0 bridgehead atoms. The van der Waals surface area contributed by atoms with Gasteiger partial charge in [0.05, 0.1) is 7.11 Å². The number of aromatic amines is 1. The van der Waals surface area contributed by atoms with Gasteiger partial charge in [-0.25, -0.2) is 9.55 Å². The lowest BCUT2D eigenvalue weighted by molar-refractivity contribution is -0.698. The van der Waals surface area contributed by atoms with Gasteiger partial charge in [0.25, 0.3) is 5.82 Å². The lowest BCUT2D eigenvalue weighted by atomic mass is 10.2. The van der Waals surface area contributed by atoms with Gasteiger partial charge in [-0.05, 0) is 17.7 Å². The molecule has 18 heavy (non-hydrogen) atoms. The summed E-state index contributed by atoms with van der Waals surface area (Å²) >= 11 is 0. The second kappa shape index (κ2) is 5.91. The molecule has 0 fully saturated rings. The van der Waals surface area contributed by atoms with Gasteiger partial charge in [0.15, 0.2) is 0 Å². The number of rotatable bonds is 3. The maximum atomic E-state index is 5.24. The van der Waals surface area contributed by atoms with Gasteiger partial charge in [0.1, 0.15) is 23.7 Å². The summed E-state index contributed by atoms with van der Waals surface area (Å²) in [6, 6.07) is 8.19. The smallest absolute Gasteiger partial charge is 0.251 e. The minimum absolute atomic E-state index is 0. The number of nitrogens with one attached hydrogen (secondary N) is 1. The van der Waals surface area contributed by atoms with Crippen molar-refractivity contribution in [1.82, 2.24) is 4.98 Å². The van der Waals surface area contributed by atoms with Crippen LogP contribution < -0.4 is 21.7 Å². The fourth-order valence-electron chi connectivity index (χ4n) is 2.07. The van der Waals surface area contributed by atoms with E-state index in [-0.39, 0.29) is 12.4 Å². The molecule has 1 N–H and O–H groups in total. The molecule has 0 aliphatic rings. The van der Waals surface area contributed by atoms with Crippen molar-refractivity contribution in [3.63, 3.8) is 0 Å². The highest BCUT2D eigenvalue weighted by atomic mass is 35.5. The van der Waals surface area contributed by atoms with Crippen LogP contribution >= 0.6 is 0 Å². The highest BCUT2D eigenvalue weighted by molar-refractivity contribution is 5.27. The standard InChI is InChI=1S/C14H18N2O.ClH/c1-10-11(2)16(12(3)15-10)9-13-6-5-7-14(8-13)17-4;/h5-8H,9H2,1-4H3;1H. The molecule has 1 aromatic heterocycles. The SMILES string of the molecule is COc1cccc(C[n+]2c(C)[nH]c(C)c2C)c1.[Cl-]. The van der Waals surface area contributed by atoms with Crippen LogP contribution in [0.1, 0.15) is 22.8 Å². The molecule has 0 unspecified atom stereocenters. The quantitative estimate of drug-likeness (QED) is 0.731. The van der Waals surface area contributed by atoms with Crippen LogP contribution in [-0.4, -0.2) is 12.1 Å². The normalized spacial score (nSPS) is 10.0. The molecular formula is C14H19ClN2O. The molecule has 98 valence electrons. The van der Waals surface area contributed by atoms with Crippen LogP contribution in [0.4, 0.5) is 0 Å². The van der Waals surface area contributed by atoms with Crippen molar-refractivity contribution < 1.29 is 21.7 Å². The lowest BCUT2D eigenvalue weighted by Gasteiger charge is -2.04. The average molecular weight is 267 g/mol. The third-order valence-electron chi connectivity index (χ3n) is 3.20. The van der Waals surface area contributed by atoms with E-state index in [0.29, 0.717) is 0 Å². The molecule has 4 heteroatoms. The third kappa shape index (κ3) is 2.85. The number of hydrogen-bond donors (Lipinski definition) is 1. The first-order valence-corrected chi connectivity index (χ1v) is 5.80. The first-order valence-electron chi connectivity index (χ1n) is 5.80. The Hall–Kier alpha value is -1.48. The zero-order chi connectivity index (χ0) is 12.4. The highest BCUT2D eigenvalue weighted by Crippen LogP contribution is 2.13. The third-order valence-corrected chi connectivity index (χ3v) is 3.20.